The zero-order chi connectivity index (χ0) is 25.4. The number of esters is 1. The minimum Gasteiger partial charge on any atom is -0.490 e. The van der Waals surface area contributed by atoms with Gasteiger partial charge in [0.1, 0.15) is 11.9 Å². The molecule has 1 aliphatic heterocycles. The topological polar surface area (TPSA) is 90.2 Å². The van der Waals surface area contributed by atoms with Crippen LogP contribution in [0.4, 0.5) is 13.2 Å². The van der Waals surface area contributed by atoms with E-state index in [9.17, 15) is 26.4 Å². The van der Waals surface area contributed by atoms with Gasteiger partial charge in [0.05, 0.1) is 37.1 Å². The lowest BCUT2D eigenvalue weighted by atomic mass is 9.97. The molecule has 1 aliphatic rings. The van der Waals surface area contributed by atoms with Crippen molar-refractivity contribution in [1.82, 2.24) is 13.9 Å². The Hall–Kier alpha value is -3.12. The molecule has 0 atom stereocenters. The summed E-state index contributed by atoms with van der Waals surface area (Å²) < 4.78 is 79.1. The maximum absolute atomic E-state index is 14.0. The molecule has 1 fully saturated rings. The summed E-state index contributed by atoms with van der Waals surface area (Å²) in [4.78, 5) is 11.8. The molecule has 8 nitrogen and oxygen atoms in total. The van der Waals surface area contributed by atoms with Crippen molar-refractivity contribution in [2.45, 2.75) is 31.5 Å². The van der Waals surface area contributed by atoms with E-state index in [0.29, 0.717) is 23.9 Å². The predicted molar refractivity (Wildman–Crippen MR) is 121 cm³/mol. The molecule has 188 valence electrons. The van der Waals surface area contributed by atoms with Crippen LogP contribution in [-0.4, -0.2) is 60.9 Å². The Morgan fingerprint density at radius 1 is 1.20 bits per heavy atom. The third-order valence-electron chi connectivity index (χ3n) is 5.95. The number of fused-ring (bicyclic) bond motifs is 1. The van der Waals surface area contributed by atoms with Crippen LogP contribution in [0.25, 0.3) is 16.6 Å². The Balaban J connectivity index is 1.73. The summed E-state index contributed by atoms with van der Waals surface area (Å²) >= 11 is 0. The van der Waals surface area contributed by atoms with Crippen LogP contribution in [0.5, 0.6) is 5.75 Å². The van der Waals surface area contributed by atoms with E-state index in [1.807, 2.05) is 0 Å². The van der Waals surface area contributed by atoms with E-state index in [4.69, 9.17) is 9.47 Å². The van der Waals surface area contributed by atoms with Crippen molar-refractivity contribution in [3.63, 3.8) is 0 Å². The van der Waals surface area contributed by atoms with Crippen LogP contribution < -0.4 is 4.74 Å². The zero-order valence-electron chi connectivity index (χ0n) is 19.1. The first-order valence-electron chi connectivity index (χ1n) is 10.8. The Kier molecular flexibility index (Phi) is 6.78. The Bertz CT molecular complexity index is 1350. The van der Waals surface area contributed by atoms with Crippen molar-refractivity contribution in [3.8, 4) is 16.9 Å². The second kappa shape index (κ2) is 9.50. The largest absolute Gasteiger partial charge is 0.490 e. The number of alkyl halides is 3. The fourth-order valence-corrected chi connectivity index (χ4v) is 5.05. The number of methoxy groups -OCH3 is 1. The van der Waals surface area contributed by atoms with Crippen LogP contribution in [0.3, 0.4) is 0 Å². The molecular formula is C23H24F3N3O5S. The fraction of sp³-hybridized carbons (Fsp3) is 0.391. The SMILES string of the molecule is COC(=O)Cc1cnn2ccc(-c3c(OC4CCN(S(C)(=O)=O)CC4)cccc3C(F)(F)F)cc12. The number of hydrogen-bond donors (Lipinski definition) is 0. The normalized spacial score (nSPS) is 15.9. The van der Waals surface area contributed by atoms with E-state index in [-0.39, 0.29) is 36.4 Å². The van der Waals surface area contributed by atoms with Gasteiger partial charge < -0.3 is 9.47 Å². The minimum atomic E-state index is -4.64. The number of carbonyl (C=O) groups excluding carboxylic acids is 1. The van der Waals surface area contributed by atoms with E-state index < -0.39 is 33.8 Å². The Morgan fingerprint density at radius 2 is 1.91 bits per heavy atom. The average molecular weight is 512 g/mol. The number of pyridine rings is 1. The highest BCUT2D eigenvalue weighted by Crippen LogP contribution is 2.43. The van der Waals surface area contributed by atoms with Gasteiger partial charge >= 0.3 is 12.1 Å². The molecule has 3 aromatic rings. The number of carbonyl (C=O) groups is 1. The van der Waals surface area contributed by atoms with Gasteiger partial charge in [-0.05, 0) is 42.7 Å². The molecule has 0 saturated carbocycles. The molecule has 0 amide bonds. The van der Waals surface area contributed by atoms with Crippen molar-refractivity contribution in [1.29, 1.82) is 0 Å². The second-order valence-corrected chi connectivity index (χ2v) is 10.3. The van der Waals surface area contributed by atoms with E-state index >= 15 is 0 Å². The van der Waals surface area contributed by atoms with Gasteiger partial charge in [-0.25, -0.2) is 17.2 Å². The summed E-state index contributed by atoms with van der Waals surface area (Å²) in [7, 11) is -2.09. The number of halogens is 3. The van der Waals surface area contributed by atoms with Crippen LogP contribution in [0.1, 0.15) is 24.0 Å². The second-order valence-electron chi connectivity index (χ2n) is 8.32. The van der Waals surface area contributed by atoms with Crippen LogP contribution in [0, 0.1) is 0 Å². The first-order chi connectivity index (χ1) is 16.5. The Morgan fingerprint density at radius 3 is 2.54 bits per heavy atom. The van der Waals surface area contributed by atoms with Gasteiger partial charge in [0.25, 0.3) is 0 Å². The lowest BCUT2D eigenvalue weighted by Gasteiger charge is -2.31. The molecule has 3 heterocycles. The molecule has 1 saturated heterocycles. The van der Waals surface area contributed by atoms with E-state index in [2.05, 4.69) is 5.10 Å². The van der Waals surface area contributed by atoms with Crippen molar-refractivity contribution in [3.05, 3.63) is 53.9 Å². The number of nitrogens with zero attached hydrogens (tertiary/aromatic N) is 3. The van der Waals surface area contributed by atoms with Crippen LogP contribution in [0.15, 0.2) is 42.7 Å². The predicted octanol–water partition coefficient (Wildman–Crippen LogP) is 3.54. The molecule has 1 aromatic carbocycles. The lowest BCUT2D eigenvalue weighted by Crippen LogP contribution is -2.41. The summed E-state index contributed by atoms with van der Waals surface area (Å²) in [6.45, 7) is 0.465. The molecule has 0 N–H and O–H groups in total. The van der Waals surface area contributed by atoms with Crippen molar-refractivity contribution < 1.29 is 35.9 Å². The summed E-state index contributed by atoms with van der Waals surface area (Å²) in [6.07, 6.45) is -0.334. The number of rotatable bonds is 6. The number of benzene rings is 1. The number of hydrogen-bond acceptors (Lipinski definition) is 6. The molecule has 0 spiro atoms. The van der Waals surface area contributed by atoms with Crippen LogP contribution in [-0.2, 0) is 32.2 Å². The quantitative estimate of drug-likeness (QED) is 0.471. The van der Waals surface area contributed by atoms with E-state index in [1.54, 1.807) is 0 Å². The van der Waals surface area contributed by atoms with Gasteiger partial charge in [0.2, 0.25) is 10.0 Å². The Labute approximate surface area is 200 Å². The van der Waals surface area contributed by atoms with Crippen molar-refractivity contribution in [2.75, 3.05) is 26.5 Å². The van der Waals surface area contributed by atoms with Crippen LogP contribution in [0.2, 0.25) is 0 Å². The lowest BCUT2D eigenvalue weighted by molar-refractivity contribution is -0.140. The molecular weight excluding hydrogens is 487 g/mol. The third kappa shape index (κ3) is 5.43. The highest BCUT2D eigenvalue weighted by molar-refractivity contribution is 7.88. The maximum Gasteiger partial charge on any atom is 0.417 e. The smallest absolute Gasteiger partial charge is 0.417 e. The van der Waals surface area contributed by atoms with E-state index in [1.165, 1.54) is 52.6 Å². The molecule has 12 heteroatoms. The third-order valence-corrected chi connectivity index (χ3v) is 7.25. The summed E-state index contributed by atoms with van der Waals surface area (Å²) in [5.74, 6) is -0.443. The standard InChI is InChI=1S/C23H24F3N3O5S/c1-33-21(30)13-16-14-27-29-11-6-15(12-19(16)29)22-18(23(24,25)26)4-3-5-20(22)34-17-7-9-28(10-8-17)35(2,31)32/h3-6,11-12,14,17H,7-10,13H2,1-2H3. The summed E-state index contributed by atoms with van der Waals surface area (Å²) in [5, 5.41) is 4.16. The van der Waals surface area contributed by atoms with Gasteiger partial charge in [0.15, 0.2) is 0 Å². The highest BCUT2D eigenvalue weighted by atomic mass is 32.2. The first-order valence-corrected chi connectivity index (χ1v) is 12.7. The number of sulfonamides is 1. The molecule has 0 aliphatic carbocycles. The number of ether oxygens (including phenoxy) is 2. The fourth-order valence-electron chi connectivity index (χ4n) is 4.18. The summed E-state index contributed by atoms with van der Waals surface area (Å²) in [5.41, 5.74) is 0.247. The maximum atomic E-state index is 14.0. The van der Waals surface area contributed by atoms with Gasteiger partial charge in [-0.3, -0.25) is 4.79 Å². The molecule has 0 unspecified atom stereocenters. The van der Waals surface area contributed by atoms with E-state index in [0.717, 1.165) is 12.3 Å². The first kappa shape index (κ1) is 25.0. The summed E-state index contributed by atoms with van der Waals surface area (Å²) in [6, 6.07) is 6.79. The molecule has 0 radical (unpaired) electrons. The molecule has 35 heavy (non-hydrogen) atoms. The van der Waals surface area contributed by atoms with Gasteiger partial charge in [-0.2, -0.15) is 18.3 Å². The monoisotopic (exact) mass is 511 g/mol. The van der Waals surface area contributed by atoms with Crippen molar-refractivity contribution >= 4 is 21.5 Å². The molecule has 0 bridgehead atoms. The van der Waals surface area contributed by atoms with Gasteiger partial charge in [-0.1, -0.05) is 6.07 Å². The molecule has 2 aromatic heterocycles. The van der Waals surface area contributed by atoms with Gasteiger partial charge in [0, 0.05) is 30.4 Å². The molecule has 4 rings (SSSR count). The number of aromatic nitrogens is 2. The zero-order valence-corrected chi connectivity index (χ0v) is 19.9. The van der Waals surface area contributed by atoms with Crippen LogP contribution >= 0.6 is 0 Å². The highest BCUT2D eigenvalue weighted by Gasteiger charge is 2.36. The van der Waals surface area contributed by atoms with Gasteiger partial charge in [-0.15, -0.1) is 0 Å². The average Bonchev–Trinajstić information content (AvgIpc) is 3.20. The number of piperidine rings is 1. The van der Waals surface area contributed by atoms with Crippen molar-refractivity contribution in [2.24, 2.45) is 0 Å². The minimum absolute atomic E-state index is 0.0519.